The molecule has 0 radical (unpaired) electrons. The van der Waals surface area contributed by atoms with Crippen LogP contribution in [0.25, 0.3) is 11.1 Å². The molecule has 0 atom stereocenters. The molecule has 3 heteroatoms. The van der Waals surface area contributed by atoms with Crippen molar-refractivity contribution in [2.45, 2.75) is 164 Å². The topological polar surface area (TPSA) is 0 Å². The van der Waals surface area contributed by atoms with Crippen molar-refractivity contribution in [3.8, 4) is 11.1 Å². The molecule has 4 aromatic carbocycles. The normalized spacial score (nSPS) is 15.9. The van der Waals surface area contributed by atoms with Crippen LogP contribution in [0, 0.1) is 0 Å². The van der Waals surface area contributed by atoms with E-state index in [0.717, 1.165) is 14.3 Å². The summed E-state index contributed by atoms with van der Waals surface area (Å²) in [5.74, 6) is 0. The molecule has 2 aliphatic rings. The van der Waals surface area contributed by atoms with E-state index >= 15 is 0 Å². The van der Waals surface area contributed by atoms with Crippen LogP contribution in [-0.4, -0.2) is 3.21 Å². The van der Waals surface area contributed by atoms with Gasteiger partial charge in [0, 0.05) is 0 Å². The van der Waals surface area contributed by atoms with E-state index in [4.69, 9.17) is 0 Å². The van der Waals surface area contributed by atoms with Crippen molar-refractivity contribution in [1.29, 1.82) is 0 Å². The standard InChI is InChI=1S/C29H41.C21H26.C5H5.2ClH.Zr/c1-26(2,3)22-14-18-13-19-15-23(27(4,5)6)25(29(10,11)12)17-21(19)20(18)16-24(22)28(7,8)9;1-20(2,3)18-11-7-16(8-12-18)15-17-9-13-19(14-10-17)21(4,5)6;1-2-4-5-3-1;;;/h13-17H,1-12H3;7-14H,1-6H3;1-5H;2*1H;/q;;;;;+2/p-2. The molecule has 58 heavy (non-hydrogen) atoms. The van der Waals surface area contributed by atoms with E-state index in [2.05, 4.69) is 222 Å². The van der Waals surface area contributed by atoms with E-state index in [1.165, 1.54) is 55.6 Å². The summed E-state index contributed by atoms with van der Waals surface area (Å²) in [5, 5.41) is 0. The SMILES string of the molecule is CC(C)(C)c1ccc([C](c2ccc(C(C)(C)C)cc2)=[Zr]([Cl])([Cl])([CH]2C=CC=C2)[CH]2c3cc(C(C)(C)C)c(C(C)(C)C)cc3-c3cc(C(C)(C)C)c(C(C)(C)C)cc32)cc1. The van der Waals surface area contributed by atoms with Gasteiger partial charge in [-0.15, -0.1) is 0 Å². The third-order valence-electron chi connectivity index (χ3n) is 13.0. The number of halogens is 2. The van der Waals surface area contributed by atoms with Crippen LogP contribution in [0.4, 0.5) is 0 Å². The first kappa shape index (κ1) is 45.2. The van der Waals surface area contributed by atoms with Crippen LogP contribution in [0.15, 0.2) is 97.1 Å². The summed E-state index contributed by atoms with van der Waals surface area (Å²) < 4.78 is 0.802. The molecule has 6 rings (SSSR count). The average Bonchev–Trinajstić information content (AvgIpc) is 3.73. The maximum atomic E-state index is 9.19. The molecule has 0 amide bonds. The van der Waals surface area contributed by atoms with Crippen molar-refractivity contribution in [3.63, 3.8) is 0 Å². The first-order chi connectivity index (χ1) is 26.2. The average molecular weight is 895 g/mol. The second-order valence-corrected chi connectivity index (χ2v) is 44.6. The third kappa shape index (κ3) is 7.98. The Hall–Kier alpha value is -2.31. The molecule has 0 N–H and O–H groups in total. The van der Waals surface area contributed by atoms with Crippen LogP contribution < -0.4 is 0 Å². The van der Waals surface area contributed by atoms with Gasteiger partial charge in [-0.05, 0) is 0 Å². The van der Waals surface area contributed by atoms with Gasteiger partial charge in [0.1, 0.15) is 0 Å². The summed E-state index contributed by atoms with van der Waals surface area (Å²) in [6, 6.07) is 28.7. The number of rotatable bonds is 4. The molecular weight excluding hydrogens is 823 g/mol. The number of benzene rings is 4. The van der Waals surface area contributed by atoms with Crippen LogP contribution in [0.3, 0.4) is 0 Å². The van der Waals surface area contributed by atoms with Crippen molar-refractivity contribution < 1.29 is 15.9 Å². The van der Waals surface area contributed by atoms with Gasteiger partial charge in [-0.1, -0.05) is 0 Å². The Morgan fingerprint density at radius 1 is 0.414 bits per heavy atom. The minimum atomic E-state index is -5.67. The third-order valence-corrected chi connectivity index (χ3v) is 32.6. The van der Waals surface area contributed by atoms with E-state index in [-0.39, 0.29) is 39.7 Å². The van der Waals surface area contributed by atoms with Gasteiger partial charge in [-0.2, -0.15) is 0 Å². The molecule has 310 valence electrons. The first-order valence-electron chi connectivity index (χ1n) is 21.7. The molecule has 0 nitrogen and oxygen atoms in total. The summed E-state index contributed by atoms with van der Waals surface area (Å²) in [7, 11) is 18.4. The summed E-state index contributed by atoms with van der Waals surface area (Å²) in [6.07, 6.45) is 8.99. The van der Waals surface area contributed by atoms with Gasteiger partial charge >= 0.3 is 364 Å². The molecule has 0 saturated carbocycles. The molecule has 2 aliphatic carbocycles. The number of hydrogen-bond acceptors (Lipinski definition) is 0. The molecule has 0 saturated heterocycles. The van der Waals surface area contributed by atoms with Crippen LogP contribution in [0.2, 0.25) is 3.63 Å². The molecular formula is C55H72Cl2Zr. The van der Waals surface area contributed by atoms with E-state index < -0.39 is 15.9 Å². The number of allylic oxidation sites excluding steroid dienone is 4. The molecule has 0 spiro atoms. The fraction of sp³-hybridized carbons (Fsp3) is 0.473. The van der Waals surface area contributed by atoms with E-state index in [0.29, 0.717) is 0 Å². The van der Waals surface area contributed by atoms with Crippen molar-refractivity contribution in [2.75, 3.05) is 0 Å². The summed E-state index contributed by atoms with van der Waals surface area (Å²) in [4.78, 5) is 0. The zero-order chi connectivity index (χ0) is 43.4. The Kier molecular flexibility index (Phi) is 11.2. The van der Waals surface area contributed by atoms with Crippen molar-refractivity contribution in [2.24, 2.45) is 0 Å². The Labute approximate surface area is 361 Å². The molecule has 4 aromatic rings. The van der Waals surface area contributed by atoms with Gasteiger partial charge in [0.05, 0.1) is 0 Å². The van der Waals surface area contributed by atoms with E-state index in [1.54, 1.807) is 0 Å². The van der Waals surface area contributed by atoms with Gasteiger partial charge in [0.25, 0.3) is 0 Å². The zero-order valence-electron chi connectivity index (χ0n) is 39.1. The van der Waals surface area contributed by atoms with E-state index in [1.807, 2.05) is 0 Å². The van der Waals surface area contributed by atoms with Crippen LogP contribution >= 0.6 is 17.0 Å². The Balaban J connectivity index is 1.92. The molecule has 0 aromatic heterocycles. The zero-order valence-corrected chi connectivity index (χ0v) is 43.1. The van der Waals surface area contributed by atoms with Gasteiger partial charge < -0.3 is 0 Å². The molecule has 0 aliphatic heterocycles. The molecule has 0 bridgehead atoms. The van der Waals surface area contributed by atoms with E-state index in [9.17, 15) is 17.0 Å². The second kappa shape index (κ2) is 14.4. The van der Waals surface area contributed by atoms with Gasteiger partial charge in [-0.25, -0.2) is 0 Å². The molecule has 0 unspecified atom stereocenters. The molecule has 0 fully saturated rings. The summed E-state index contributed by atoms with van der Waals surface area (Å²) in [5.41, 5.74) is 15.2. The monoisotopic (exact) mass is 892 g/mol. The quantitative estimate of drug-likeness (QED) is 0.191. The maximum absolute atomic E-state index is 9.19. The summed E-state index contributed by atoms with van der Waals surface area (Å²) in [6.45, 7) is 42.0. The Bertz CT molecular complexity index is 2210. The molecule has 0 heterocycles. The Morgan fingerprint density at radius 2 is 0.707 bits per heavy atom. The summed E-state index contributed by atoms with van der Waals surface area (Å²) >= 11 is -5.67. The predicted molar refractivity (Wildman–Crippen MR) is 256 cm³/mol. The first-order valence-corrected chi connectivity index (χ1v) is 32.0. The van der Waals surface area contributed by atoms with Gasteiger partial charge in [0.15, 0.2) is 0 Å². The number of hydrogen-bond donors (Lipinski definition) is 0. The minimum absolute atomic E-state index is 0.00943. The van der Waals surface area contributed by atoms with Crippen LogP contribution in [-0.2, 0) is 48.4 Å². The van der Waals surface area contributed by atoms with Gasteiger partial charge in [0.2, 0.25) is 0 Å². The van der Waals surface area contributed by atoms with Crippen molar-refractivity contribution in [3.05, 3.63) is 153 Å². The van der Waals surface area contributed by atoms with Crippen LogP contribution in [0.1, 0.15) is 184 Å². The fourth-order valence-electron chi connectivity index (χ4n) is 9.68. The van der Waals surface area contributed by atoms with Crippen molar-refractivity contribution >= 4 is 20.2 Å². The predicted octanol–water partition coefficient (Wildman–Crippen LogP) is 16.7. The van der Waals surface area contributed by atoms with Gasteiger partial charge in [-0.3, -0.25) is 0 Å². The van der Waals surface area contributed by atoms with Crippen molar-refractivity contribution in [1.82, 2.24) is 0 Å². The Morgan fingerprint density at radius 3 is 0.983 bits per heavy atom. The fourth-order valence-corrected chi connectivity index (χ4v) is 29.0. The van der Waals surface area contributed by atoms with Crippen LogP contribution in [0.5, 0.6) is 0 Å². The number of fused-ring (bicyclic) bond motifs is 3. The second-order valence-electron chi connectivity index (χ2n) is 23.9.